The van der Waals surface area contributed by atoms with E-state index in [1.807, 2.05) is 0 Å². The van der Waals surface area contributed by atoms with E-state index in [0.29, 0.717) is 21.1 Å². The lowest BCUT2D eigenvalue weighted by Gasteiger charge is -2.05. The van der Waals surface area contributed by atoms with E-state index in [2.05, 4.69) is 9.97 Å². The summed E-state index contributed by atoms with van der Waals surface area (Å²) in [6, 6.07) is 11.1. The molecule has 0 radical (unpaired) electrons. The highest BCUT2D eigenvalue weighted by Gasteiger charge is 2.20. The molecule has 0 aliphatic rings. The summed E-state index contributed by atoms with van der Waals surface area (Å²) in [5, 5.41) is 0.518. The third-order valence-corrected chi connectivity index (χ3v) is 5.25. The van der Waals surface area contributed by atoms with Crippen LogP contribution in [0.1, 0.15) is 0 Å². The van der Waals surface area contributed by atoms with Gasteiger partial charge in [0.2, 0.25) is 9.84 Å². The van der Waals surface area contributed by atoms with Gasteiger partial charge in [-0.2, -0.15) is 0 Å². The van der Waals surface area contributed by atoms with Crippen LogP contribution in [0.15, 0.2) is 58.6 Å². The second kappa shape index (κ2) is 5.26. The van der Waals surface area contributed by atoms with Crippen molar-refractivity contribution in [3.05, 3.63) is 58.7 Å². The summed E-state index contributed by atoms with van der Waals surface area (Å²) in [6.07, 6.45) is 1.22. The molecule has 0 saturated heterocycles. The molecular formula is C14H8Cl2N2O2S. The Labute approximate surface area is 131 Å². The highest BCUT2D eigenvalue weighted by atomic mass is 35.5. The SMILES string of the molecule is O=S(=O)(c1ccccc1)c1cnc2cc(Cl)c(Cl)cc2n1. The Hall–Kier alpha value is -1.69. The lowest BCUT2D eigenvalue weighted by Crippen LogP contribution is -2.05. The van der Waals surface area contributed by atoms with E-state index < -0.39 is 9.84 Å². The van der Waals surface area contributed by atoms with Gasteiger partial charge in [0.05, 0.1) is 32.2 Å². The zero-order valence-electron chi connectivity index (χ0n) is 10.5. The van der Waals surface area contributed by atoms with Crippen LogP contribution in [0.2, 0.25) is 10.0 Å². The van der Waals surface area contributed by atoms with Crippen molar-refractivity contribution in [1.82, 2.24) is 9.97 Å². The first-order valence-corrected chi connectivity index (χ1v) is 8.14. The largest absolute Gasteiger partial charge is 0.252 e. The third-order valence-electron chi connectivity index (χ3n) is 2.89. The van der Waals surface area contributed by atoms with Gasteiger partial charge in [0.25, 0.3) is 0 Å². The number of nitrogens with zero attached hydrogens (tertiary/aromatic N) is 2. The fraction of sp³-hybridized carbons (Fsp3) is 0. The number of halogens is 2. The first-order valence-electron chi connectivity index (χ1n) is 5.90. The second-order valence-corrected chi connectivity index (χ2v) is 6.99. The standard InChI is InChI=1S/C14H8Cl2N2O2S/c15-10-6-12-13(7-11(10)16)18-14(8-17-12)21(19,20)9-4-2-1-3-5-9/h1-8H. The smallest absolute Gasteiger partial charge is 0.225 e. The first-order chi connectivity index (χ1) is 9.98. The van der Waals surface area contributed by atoms with E-state index in [1.165, 1.54) is 24.4 Å². The van der Waals surface area contributed by atoms with Crippen molar-refractivity contribution < 1.29 is 8.42 Å². The maximum Gasteiger partial charge on any atom is 0.225 e. The lowest BCUT2D eigenvalue weighted by molar-refractivity contribution is 0.592. The Kier molecular flexibility index (Phi) is 3.57. The maximum absolute atomic E-state index is 12.5. The maximum atomic E-state index is 12.5. The van der Waals surface area contributed by atoms with E-state index in [-0.39, 0.29) is 9.92 Å². The fourth-order valence-corrected chi connectivity index (χ4v) is 3.32. The van der Waals surface area contributed by atoms with Gasteiger partial charge in [-0.1, -0.05) is 41.4 Å². The molecule has 0 atom stereocenters. The van der Waals surface area contributed by atoms with Crippen LogP contribution >= 0.6 is 23.2 Å². The molecule has 106 valence electrons. The Morgan fingerprint density at radius 1 is 0.905 bits per heavy atom. The molecule has 3 rings (SSSR count). The van der Waals surface area contributed by atoms with E-state index in [1.54, 1.807) is 24.3 Å². The molecular weight excluding hydrogens is 331 g/mol. The Bertz CT molecular complexity index is 928. The predicted molar refractivity (Wildman–Crippen MR) is 81.5 cm³/mol. The lowest BCUT2D eigenvalue weighted by atomic mass is 10.3. The molecule has 0 aliphatic carbocycles. The molecule has 0 spiro atoms. The Balaban J connectivity index is 2.20. The molecule has 0 saturated carbocycles. The van der Waals surface area contributed by atoms with Crippen molar-refractivity contribution in [3.63, 3.8) is 0 Å². The van der Waals surface area contributed by atoms with Crippen molar-refractivity contribution in [2.75, 3.05) is 0 Å². The molecule has 0 N–H and O–H groups in total. The normalized spacial score (nSPS) is 11.7. The number of hydrogen-bond donors (Lipinski definition) is 0. The van der Waals surface area contributed by atoms with Gasteiger partial charge in [-0.25, -0.2) is 13.4 Å². The predicted octanol–water partition coefficient (Wildman–Crippen LogP) is 3.77. The highest BCUT2D eigenvalue weighted by Crippen LogP contribution is 2.27. The zero-order valence-corrected chi connectivity index (χ0v) is 12.8. The summed E-state index contributed by atoms with van der Waals surface area (Å²) in [5.74, 6) is 0. The van der Waals surface area contributed by atoms with E-state index in [9.17, 15) is 8.42 Å². The van der Waals surface area contributed by atoms with Crippen LogP contribution < -0.4 is 0 Å². The molecule has 3 aromatic rings. The Morgan fingerprint density at radius 3 is 2.19 bits per heavy atom. The number of sulfone groups is 1. The number of rotatable bonds is 2. The van der Waals surface area contributed by atoms with Gasteiger partial charge >= 0.3 is 0 Å². The van der Waals surface area contributed by atoms with Gasteiger partial charge < -0.3 is 0 Å². The molecule has 0 amide bonds. The van der Waals surface area contributed by atoms with Gasteiger partial charge in [0.1, 0.15) is 0 Å². The molecule has 0 fully saturated rings. The molecule has 7 heteroatoms. The van der Waals surface area contributed by atoms with Crippen molar-refractivity contribution >= 4 is 44.1 Å². The van der Waals surface area contributed by atoms with Gasteiger partial charge in [-0.05, 0) is 24.3 Å². The van der Waals surface area contributed by atoms with Gasteiger partial charge in [0.15, 0.2) is 5.03 Å². The van der Waals surface area contributed by atoms with E-state index >= 15 is 0 Å². The summed E-state index contributed by atoms with van der Waals surface area (Å²) in [4.78, 5) is 8.39. The van der Waals surface area contributed by atoms with Crippen molar-refractivity contribution in [2.24, 2.45) is 0 Å². The summed E-state index contributed by atoms with van der Waals surface area (Å²) in [7, 11) is -3.70. The second-order valence-electron chi connectivity index (χ2n) is 4.28. The minimum absolute atomic E-state index is 0.125. The highest BCUT2D eigenvalue weighted by molar-refractivity contribution is 7.91. The first kappa shape index (κ1) is 14.3. The van der Waals surface area contributed by atoms with Crippen LogP contribution in [0.3, 0.4) is 0 Å². The van der Waals surface area contributed by atoms with Gasteiger partial charge in [-0.15, -0.1) is 0 Å². The summed E-state index contributed by atoms with van der Waals surface area (Å²) < 4.78 is 24.9. The average molecular weight is 339 g/mol. The van der Waals surface area contributed by atoms with Crippen LogP contribution in [0.25, 0.3) is 11.0 Å². The minimum atomic E-state index is -3.70. The summed E-state index contributed by atoms with van der Waals surface area (Å²) >= 11 is 11.8. The van der Waals surface area contributed by atoms with Crippen LogP contribution in [-0.4, -0.2) is 18.4 Å². The summed E-state index contributed by atoms with van der Waals surface area (Å²) in [5.41, 5.74) is 0.859. The number of hydrogen-bond acceptors (Lipinski definition) is 4. The fourth-order valence-electron chi connectivity index (χ4n) is 1.84. The molecule has 0 aliphatic heterocycles. The quantitative estimate of drug-likeness (QED) is 0.713. The van der Waals surface area contributed by atoms with Crippen LogP contribution in [0, 0.1) is 0 Å². The zero-order chi connectivity index (χ0) is 15.0. The molecule has 21 heavy (non-hydrogen) atoms. The van der Waals surface area contributed by atoms with E-state index in [0.717, 1.165) is 0 Å². The molecule has 2 aromatic carbocycles. The number of fused-ring (bicyclic) bond motifs is 1. The molecule has 0 unspecified atom stereocenters. The number of benzene rings is 2. The Morgan fingerprint density at radius 2 is 1.52 bits per heavy atom. The van der Waals surface area contributed by atoms with Crippen molar-refractivity contribution in [1.29, 1.82) is 0 Å². The molecule has 0 bridgehead atoms. The molecule has 1 aromatic heterocycles. The van der Waals surface area contributed by atoms with E-state index in [4.69, 9.17) is 23.2 Å². The minimum Gasteiger partial charge on any atom is -0.252 e. The monoisotopic (exact) mass is 338 g/mol. The van der Waals surface area contributed by atoms with Crippen molar-refractivity contribution in [2.45, 2.75) is 9.92 Å². The van der Waals surface area contributed by atoms with Crippen molar-refractivity contribution in [3.8, 4) is 0 Å². The van der Waals surface area contributed by atoms with Gasteiger partial charge in [0, 0.05) is 0 Å². The van der Waals surface area contributed by atoms with Crippen LogP contribution in [0.4, 0.5) is 0 Å². The van der Waals surface area contributed by atoms with Crippen LogP contribution in [-0.2, 0) is 9.84 Å². The topological polar surface area (TPSA) is 59.9 Å². The van der Waals surface area contributed by atoms with Gasteiger partial charge in [-0.3, -0.25) is 4.98 Å². The molecule has 1 heterocycles. The average Bonchev–Trinajstić information content (AvgIpc) is 2.49. The van der Waals surface area contributed by atoms with Crippen LogP contribution in [0.5, 0.6) is 0 Å². The third kappa shape index (κ3) is 2.60. The number of aromatic nitrogens is 2. The molecule has 4 nitrogen and oxygen atoms in total. The summed E-state index contributed by atoms with van der Waals surface area (Å²) in [6.45, 7) is 0.